The average molecular weight is 290 g/mol. The van der Waals surface area contributed by atoms with Gasteiger partial charge in [-0.25, -0.2) is 0 Å². The van der Waals surface area contributed by atoms with Crippen molar-refractivity contribution in [3.63, 3.8) is 0 Å². The van der Waals surface area contributed by atoms with Crippen molar-refractivity contribution in [2.24, 2.45) is 5.92 Å². The van der Waals surface area contributed by atoms with Crippen LogP contribution in [0.3, 0.4) is 0 Å². The number of benzene rings is 1. The normalized spacial score (nSPS) is 22.7. The molecule has 1 aliphatic carbocycles. The number of aliphatic hydroxyl groups is 2. The molecule has 3 atom stereocenters. The first kappa shape index (κ1) is 15.8. The van der Waals surface area contributed by atoms with E-state index < -0.39 is 6.10 Å². The lowest BCUT2D eigenvalue weighted by molar-refractivity contribution is 0.105. The molecule has 5 heteroatoms. The van der Waals surface area contributed by atoms with Crippen LogP contribution in [0, 0.1) is 17.2 Å². The maximum Gasteiger partial charge on any atom is 0.137 e. The van der Waals surface area contributed by atoms with Crippen molar-refractivity contribution in [3.05, 3.63) is 29.8 Å². The fraction of sp³-hybridized carbons (Fsp3) is 0.562. The van der Waals surface area contributed by atoms with Gasteiger partial charge in [-0.05, 0) is 43.9 Å². The van der Waals surface area contributed by atoms with Gasteiger partial charge in [-0.3, -0.25) is 0 Å². The summed E-state index contributed by atoms with van der Waals surface area (Å²) < 4.78 is 5.48. The molecule has 2 rings (SSSR count). The lowest BCUT2D eigenvalue weighted by Gasteiger charge is -2.15. The number of nitriles is 1. The Morgan fingerprint density at radius 1 is 1.38 bits per heavy atom. The van der Waals surface area contributed by atoms with Crippen molar-refractivity contribution in [2.75, 3.05) is 19.7 Å². The summed E-state index contributed by atoms with van der Waals surface area (Å²) in [6.45, 7) is 1.41. The van der Waals surface area contributed by atoms with Gasteiger partial charge in [-0.2, -0.15) is 5.26 Å². The highest BCUT2D eigenvalue weighted by Crippen LogP contribution is 2.24. The van der Waals surface area contributed by atoms with Crippen LogP contribution in [0.4, 0.5) is 0 Å². The largest absolute Gasteiger partial charge is 0.489 e. The summed E-state index contributed by atoms with van der Waals surface area (Å²) in [5, 5.41) is 31.5. The van der Waals surface area contributed by atoms with Gasteiger partial charge >= 0.3 is 0 Å². The van der Waals surface area contributed by atoms with Gasteiger partial charge in [0.15, 0.2) is 0 Å². The molecule has 0 bridgehead atoms. The number of nitrogens with one attached hydrogen (secondary N) is 1. The number of hydrogen-bond donors (Lipinski definition) is 3. The van der Waals surface area contributed by atoms with Crippen molar-refractivity contribution in [3.8, 4) is 11.8 Å². The monoisotopic (exact) mass is 290 g/mol. The van der Waals surface area contributed by atoms with Crippen LogP contribution in [-0.2, 0) is 0 Å². The highest BCUT2D eigenvalue weighted by Gasteiger charge is 2.22. The van der Waals surface area contributed by atoms with E-state index in [1.165, 1.54) is 0 Å². The minimum atomic E-state index is -0.622. The van der Waals surface area contributed by atoms with Crippen LogP contribution in [0.5, 0.6) is 5.75 Å². The smallest absolute Gasteiger partial charge is 0.137 e. The molecule has 1 fully saturated rings. The third kappa shape index (κ3) is 5.01. The summed E-state index contributed by atoms with van der Waals surface area (Å²) in [7, 11) is 0. The molecule has 114 valence electrons. The van der Waals surface area contributed by atoms with Crippen molar-refractivity contribution in [1.82, 2.24) is 5.32 Å². The minimum absolute atomic E-state index is 0.152. The van der Waals surface area contributed by atoms with Gasteiger partial charge < -0.3 is 20.3 Å². The molecule has 1 aromatic carbocycles. The Morgan fingerprint density at radius 3 is 2.90 bits per heavy atom. The van der Waals surface area contributed by atoms with Crippen LogP contribution in [0.2, 0.25) is 0 Å². The number of rotatable bonds is 7. The van der Waals surface area contributed by atoms with E-state index in [9.17, 15) is 10.2 Å². The molecular weight excluding hydrogens is 268 g/mol. The highest BCUT2D eigenvalue weighted by atomic mass is 16.5. The molecule has 21 heavy (non-hydrogen) atoms. The van der Waals surface area contributed by atoms with Crippen molar-refractivity contribution >= 4 is 0 Å². The first-order valence-corrected chi connectivity index (χ1v) is 7.37. The van der Waals surface area contributed by atoms with Crippen LogP contribution < -0.4 is 10.1 Å². The molecule has 0 spiro atoms. The van der Waals surface area contributed by atoms with E-state index in [1.54, 1.807) is 24.3 Å². The topological polar surface area (TPSA) is 85.5 Å². The van der Waals surface area contributed by atoms with Gasteiger partial charge in [0.2, 0.25) is 0 Å². The second-order valence-electron chi connectivity index (χ2n) is 5.56. The Balaban J connectivity index is 1.65. The molecule has 0 heterocycles. The van der Waals surface area contributed by atoms with E-state index in [0.717, 1.165) is 25.8 Å². The highest BCUT2D eigenvalue weighted by molar-refractivity contribution is 5.42. The van der Waals surface area contributed by atoms with Gasteiger partial charge in [-0.15, -0.1) is 0 Å². The molecule has 0 aromatic heterocycles. The van der Waals surface area contributed by atoms with Gasteiger partial charge in [0, 0.05) is 6.54 Å². The zero-order valence-electron chi connectivity index (χ0n) is 12.0. The summed E-state index contributed by atoms with van der Waals surface area (Å²) >= 11 is 0. The Morgan fingerprint density at radius 2 is 2.19 bits per heavy atom. The van der Waals surface area contributed by atoms with Crippen molar-refractivity contribution in [1.29, 1.82) is 5.26 Å². The zero-order valence-corrected chi connectivity index (χ0v) is 12.0. The summed E-state index contributed by atoms with van der Waals surface area (Å²) in [6.07, 6.45) is 1.98. The summed E-state index contributed by atoms with van der Waals surface area (Å²) in [5.41, 5.74) is 0.470. The number of para-hydroxylation sites is 1. The fourth-order valence-corrected chi connectivity index (χ4v) is 2.62. The second kappa shape index (κ2) is 7.99. The number of ether oxygens (including phenoxy) is 1. The lowest BCUT2D eigenvalue weighted by atomic mass is 10.1. The van der Waals surface area contributed by atoms with E-state index in [1.807, 2.05) is 0 Å². The second-order valence-corrected chi connectivity index (χ2v) is 5.56. The number of hydrogen-bond acceptors (Lipinski definition) is 5. The fourth-order valence-electron chi connectivity index (χ4n) is 2.62. The van der Waals surface area contributed by atoms with E-state index in [4.69, 9.17) is 10.00 Å². The Bertz CT molecular complexity index is 487. The van der Waals surface area contributed by atoms with E-state index in [-0.39, 0.29) is 12.7 Å². The maximum absolute atomic E-state index is 9.88. The zero-order chi connectivity index (χ0) is 15.1. The van der Waals surface area contributed by atoms with Crippen LogP contribution in [0.15, 0.2) is 24.3 Å². The first-order valence-electron chi connectivity index (χ1n) is 7.37. The Labute approximate surface area is 125 Å². The predicted octanol–water partition coefficient (Wildman–Crippen LogP) is 1.05. The summed E-state index contributed by atoms with van der Waals surface area (Å²) in [5.74, 6) is 0.991. The third-order valence-corrected chi connectivity index (χ3v) is 3.77. The van der Waals surface area contributed by atoms with E-state index in [2.05, 4.69) is 11.4 Å². The van der Waals surface area contributed by atoms with Crippen LogP contribution in [0.1, 0.15) is 24.8 Å². The van der Waals surface area contributed by atoms with Gasteiger partial charge in [0.1, 0.15) is 24.5 Å². The molecule has 0 aliphatic heterocycles. The van der Waals surface area contributed by atoms with Gasteiger partial charge in [0.05, 0.1) is 11.7 Å². The maximum atomic E-state index is 9.88. The Kier molecular flexibility index (Phi) is 6.00. The molecule has 1 aromatic rings. The van der Waals surface area contributed by atoms with Crippen LogP contribution in [-0.4, -0.2) is 42.1 Å². The summed E-state index contributed by atoms with van der Waals surface area (Å²) in [6, 6.07) is 9.04. The standard InChI is InChI=1S/C16H22N2O3/c17-8-13-3-1-2-4-16(13)21-11-15(20)10-18-9-12-5-6-14(19)7-12/h1-4,12,14-15,18-20H,5-7,9-11H2. The van der Waals surface area contributed by atoms with Crippen LogP contribution in [0.25, 0.3) is 0 Å². The molecule has 3 unspecified atom stereocenters. The number of nitrogens with zero attached hydrogens (tertiary/aromatic N) is 1. The van der Waals surface area contributed by atoms with Crippen LogP contribution >= 0.6 is 0 Å². The van der Waals surface area contributed by atoms with Gasteiger partial charge in [-0.1, -0.05) is 12.1 Å². The molecular formula is C16H22N2O3. The first-order chi connectivity index (χ1) is 10.2. The SMILES string of the molecule is N#Cc1ccccc1OCC(O)CNCC1CCC(O)C1. The van der Waals surface area contributed by atoms with Crippen molar-refractivity contribution in [2.45, 2.75) is 31.5 Å². The third-order valence-electron chi connectivity index (χ3n) is 3.77. The van der Waals surface area contributed by atoms with Gasteiger partial charge in [0.25, 0.3) is 0 Å². The quantitative estimate of drug-likeness (QED) is 0.699. The Hall–Kier alpha value is -1.61. The van der Waals surface area contributed by atoms with E-state index >= 15 is 0 Å². The molecule has 3 N–H and O–H groups in total. The average Bonchev–Trinajstić information content (AvgIpc) is 2.91. The molecule has 1 saturated carbocycles. The minimum Gasteiger partial charge on any atom is -0.489 e. The van der Waals surface area contributed by atoms with E-state index in [0.29, 0.717) is 23.8 Å². The molecule has 1 aliphatic rings. The molecule has 0 saturated heterocycles. The molecule has 0 radical (unpaired) electrons. The lowest BCUT2D eigenvalue weighted by Crippen LogP contribution is -2.34. The number of aliphatic hydroxyl groups excluding tert-OH is 2. The summed E-state index contributed by atoms with van der Waals surface area (Å²) in [4.78, 5) is 0. The molecule has 5 nitrogen and oxygen atoms in total. The van der Waals surface area contributed by atoms with Crippen molar-refractivity contribution < 1.29 is 14.9 Å². The molecule has 0 amide bonds. The predicted molar refractivity (Wildman–Crippen MR) is 78.9 cm³/mol.